The van der Waals surface area contributed by atoms with Crippen LogP contribution in [0.1, 0.15) is 23.4 Å². The van der Waals surface area contributed by atoms with Gasteiger partial charge in [0, 0.05) is 24.1 Å². The molecule has 0 aliphatic rings. The predicted octanol–water partition coefficient (Wildman–Crippen LogP) is 4.54. The van der Waals surface area contributed by atoms with Gasteiger partial charge in [-0.1, -0.05) is 18.2 Å². The molecule has 5 nitrogen and oxygen atoms in total. The lowest BCUT2D eigenvalue weighted by Crippen LogP contribution is -2.14. The first-order valence-corrected chi connectivity index (χ1v) is 8.52. The van der Waals surface area contributed by atoms with E-state index < -0.39 is 0 Å². The zero-order chi connectivity index (χ0) is 18.5. The number of hydrogen-bond donors (Lipinski definition) is 1. The normalized spacial score (nSPS) is 10.6. The Balaban J connectivity index is 1.60. The highest BCUT2D eigenvalue weighted by molar-refractivity contribution is 5.92. The van der Waals surface area contributed by atoms with Gasteiger partial charge in [-0.3, -0.25) is 4.79 Å². The van der Waals surface area contributed by atoms with Crippen molar-refractivity contribution in [2.24, 2.45) is 0 Å². The molecule has 3 rings (SSSR count). The average Bonchev–Trinajstić information content (AvgIpc) is 3.12. The topological polar surface area (TPSA) is 64.4 Å². The van der Waals surface area contributed by atoms with Gasteiger partial charge in [0.25, 0.3) is 0 Å². The highest BCUT2D eigenvalue weighted by atomic mass is 16.5. The summed E-state index contributed by atoms with van der Waals surface area (Å²) in [6.45, 7) is 3.97. The van der Waals surface area contributed by atoms with Gasteiger partial charge in [0.2, 0.25) is 5.91 Å². The molecule has 134 valence electrons. The van der Waals surface area contributed by atoms with Crippen molar-refractivity contribution in [1.29, 1.82) is 0 Å². The number of oxazole rings is 1. The predicted molar refractivity (Wildman–Crippen MR) is 101 cm³/mol. The quantitative estimate of drug-likeness (QED) is 0.709. The van der Waals surface area contributed by atoms with E-state index in [1.54, 1.807) is 13.3 Å². The van der Waals surface area contributed by atoms with Gasteiger partial charge in [0.05, 0.1) is 13.3 Å². The van der Waals surface area contributed by atoms with Crippen LogP contribution < -0.4 is 10.1 Å². The van der Waals surface area contributed by atoms with Gasteiger partial charge in [-0.25, -0.2) is 4.98 Å². The molecule has 0 spiro atoms. The van der Waals surface area contributed by atoms with Gasteiger partial charge in [0.15, 0.2) is 11.7 Å². The van der Waals surface area contributed by atoms with Crippen molar-refractivity contribution in [3.8, 4) is 17.1 Å². The summed E-state index contributed by atoms with van der Waals surface area (Å²) in [5.41, 5.74) is 3.90. The van der Waals surface area contributed by atoms with Gasteiger partial charge in [-0.05, 0) is 49.2 Å². The molecule has 0 unspecified atom stereocenters. The highest BCUT2D eigenvalue weighted by Crippen LogP contribution is 2.24. The minimum atomic E-state index is -0.0494. The Morgan fingerprint density at radius 3 is 2.46 bits per heavy atom. The number of para-hydroxylation sites is 1. The van der Waals surface area contributed by atoms with Gasteiger partial charge in [-0.15, -0.1) is 0 Å². The van der Waals surface area contributed by atoms with Gasteiger partial charge in [0.1, 0.15) is 5.75 Å². The molecule has 0 aliphatic heterocycles. The van der Waals surface area contributed by atoms with Crippen molar-refractivity contribution < 1.29 is 13.9 Å². The number of anilines is 1. The highest BCUT2D eigenvalue weighted by Gasteiger charge is 2.11. The minimum Gasteiger partial charge on any atom is -0.497 e. The SMILES string of the molecule is COc1ccc(-c2cnc(CCC(=O)Nc3c(C)cccc3C)o2)cc1. The Morgan fingerprint density at radius 2 is 1.81 bits per heavy atom. The first kappa shape index (κ1) is 17.7. The van der Waals surface area contributed by atoms with E-state index in [9.17, 15) is 4.79 Å². The molecule has 1 aromatic heterocycles. The van der Waals surface area contributed by atoms with Gasteiger partial charge in [-0.2, -0.15) is 0 Å². The third-order valence-corrected chi connectivity index (χ3v) is 4.24. The van der Waals surface area contributed by atoms with Crippen LogP contribution in [-0.4, -0.2) is 18.0 Å². The smallest absolute Gasteiger partial charge is 0.224 e. The molecule has 2 aromatic carbocycles. The lowest BCUT2D eigenvalue weighted by molar-refractivity contribution is -0.116. The third-order valence-electron chi connectivity index (χ3n) is 4.24. The third kappa shape index (κ3) is 4.11. The molecule has 1 N–H and O–H groups in total. The van der Waals surface area contributed by atoms with E-state index in [0.29, 0.717) is 24.5 Å². The maximum absolute atomic E-state index is 12.2. The fourth-order valence-corrected chi connectivity index (χ4v) is 2.75. The summed E-state index contributed by atoms with van der Waals surface area (Å²) in [5.74, 6) is 1.97. The molecule has 3 aromatic rings. The summed E-state index contributed by atoms with van der Waals surface area (Å²) >= 11 is 0. The maximum Gasteiger partial charge on any atom is 0.224 e. The fourth-order valence-electron chi connectivity index (χ4n) is 2.75. The molecule has 26 heavy (non-hydrogen) atoms. The van der Waals surface area contributed by atoms with E-state index in [0.717, 1.165) is 28.1 Å². The lowest BCUT2D eigenvalue weighted by Gasteiger charge is -2.10. The number of amides is 1. The van der Waals surface area contributed by atoms with Crippen LogP contribution in [0.15, 0.2) is 53.1 Å². The van der Waals surface area contributed by atoms with Gasteiger partial charge < -0.3 is 14.5 Å². The number of nitrogens with one attached hydrogen (secondary N) is 1. The van der Waals surface area contributed by atoms with Crippen molar-refractivity contribution in [3.05, 3.63) is 65.7 Å². The first-order chi connectivity index (χ1) is 12.6. The van der Waals surface area contributed by atoms with E-state index in [4.69, 9.17) is 9.15 Å². The number of nitrogens with zero attached hydrogens (tertiary/aromatic N) is 1. The molecule has 0 saturated heterocycles. The van der Waals surface area contributed by atoms with Crippen LogP contribution in [0.5, 0.6) is 5.75 Å². The molecule has 0 radical (unpaired) electrons. The Kier molecular flexibility index (Phi) is 5.37. The number of benzene rings is 2. The van der Waals surface area contributed by atoms with E-state index in [1.165, 1.54) is 0 Å². The summed E-state index contributed by atoms with van der Waals surface area (Å²) in [6, 6.07) is 13.5. The van der Waals surface area contributed by atoms with Crippen molar-refractivity contribution >= 4 is 11.6 Å². The molecule has 1 heterocycles. The van der Waals surface area contributed by atoms with E-state index in [1.807, 2.05) is 56.3 Å². The van der Waals surface area contributed by atoms with Crippen molar-refractivity contribution in [2.75, 3.05) is 12.4 Å². The van der Waals surface area contributed by atoms with E-state index >= 15 is 0 Å². The van der Waals surface area contributed by atoms with Crippen LogP contribution in [0.25, 0.3) is 11.3 Å². The van der Waals surface area contributed by atoms with Crippen LogP contribution in [-0.2, 0) is 11.2 Å². The fraction of sp³-hybridized carbons (Fsp3) is 0.238. The molecule has 0 atom stereocenters. The number of aryl methyl sites for hydroxylation is 3. The standard InChI is InChI=1S/C21H22N2O3/c1-14-5-4-6-15(2)21(14)23-19(24)11-12-20-22-13-18(26-20)16-7-9-17(25-3)10-8-16/h4-10,13H,11-12H2,1-3H3,(H,23,24). The Bertz CT molecular complexity index is 878. The van der Waals surface area contributed by atoms with E-state index in [-0.39, 0.29) is 5.91 Å². The average molecular weight is 350 g/mol. The Hall–Kier alpha value is -3.08. The second kappa shape index (κ2) is 7.87. The van der Waals surface area contributed by atoms with Gasteiger partial charge >= 0.3 is 0 Å². The summed E-state index contributed by atoms with van der Waals surface area (Å²) in [6.07, 6.45) is 2.45. The van der Waals surface area contributed by atoms with Crippen molar-refractivity contribution in [2.45, 2.75) is 26.7 Å². The molecule has 0 saturated carbocycles. The minimum absolute atomic E-state index is 0.0494. The summed E-state index contributed by atoms with van der Waals surface area (Å²) in [7, 11) is 1.63. The van der Waals surface area contributed by atoms with Crippen LogP contribution in [0.4, 0.5) is 5.69 Å². The van der Waals surface area contributed by atoms with Crippen LogP contribution >= 0.6 is 0 Å². The summed E-state index contributed by atoms with van der Waals surface area (Å²) in [5, 5.41) is 2.98. The molecule has 5 heteroatoms. The molecular formula is C21H22N2O3. The summed E-state index contributed by atoms with van der Waals surface area (Å²) < 4.78 is 10.9. The van der Waals surface area contributed by atoms with Crippen molar-refractivity contribution in [3.63, 3.8) is 0 Å². The van der Waals surface area contributed by atoms with Crippen molar-refractivity contribution in [1.82, 2.24) is 4.98 Å². The number of carbonyl (C=O) groups is 1. The number of ether oxygens (including phenoxy) is 1. The van der Waals surface area contributed by atoms with Crippen LogP contribution in [0.3, 0.4) is 0 Å². The zero-order valence-electron chi connectivity index (χ0n) is 15.2. The second-order valence-electron chi connectivity index (χ2n) is 6.16. The molecule has 0 fully saturated rings. The number of carbonyl (C=O) groups excluding carboxylic acids is 1. The molecule has 1 amide bonds. The summed E-state index contributed by atoms with van der Waals surface area (Å²) in [4.78, 5) is 16.5. The number of hydrogen-bond acceptors (Lipinski definition) is 4. The van der Waals surface area contributed by atoms with E-state index in [2.05, 4.69) is 10.3 Å². The largest absolute Gasteiger partial charge is 0.497 e. The second-order valence-corrected chi connectivity index (χ2v) is 6.16. The lowest BCUT2D eigenvalue weighted by atomic mass is 10.1. The molecule has 0 bridgehead atoms. The number of rotatable bonds is 6. The monoisotopic (exact) mass is 350 g/mol. The Labute approximate surface area is 153 Å². The number of aromatic nitrogens is 1. The van der Waals surface area contributed by atoms with Crippen LogP contribution in [0, 0.1) is 13.8 Å². The molecular weight excluding hydrogens is 328 g/mol. The maximum atomic E-state index is 12.2. The first-order valence-electron chi connectivity index (χ1n) is 8.52. The van der Waals surface area contributed by atoms with Crippen LogP contribution in [0.2, 0.25) is 0 Å². The Morgan fingerprint density at radius 1 is 1.12 bits per heavy atom. The number of methoxy groups -OCH3 is 1. The molecule has 0 aliphatic carbocycles. The zero-order valence-corrected chi connectivity index (χ0v) is 15.2.